The fourth-order valence-corrected chi connectivity index (χ4v) is 25.0. The number of hydrogen-bond acceptors (Lipinski definition) is 2. The average Bonchev–Trinajstić information content (AvgIpc) is 1.72. The first-order valence-corrected chi connectivity index (χ1v) is 37.3. The molecular formula is C91H67N3OSi2. The van der Waals surface area contributed by atoms with Crippen molar-refractivity contribution in [2.24, 2.45) is 0 Å². The molecule has 0 unspecified atom stereocenters. The molecule has 17 rings (SSSR count). The number of ether oxygens (including phenoxy) is 1. The maximum Gasteiger partial charge on any atom is 0.179 e. The minimum atomic E-state index is -2.96. The van der Waals surface area contributed by atoms with E-state index in [9.17, 15) is 0 Å². The van der Waals surface area contributed by atoms with Crippen LogP contribution in [0.3, 0.4) is 0 Å². The molecular weight excluding hydrogens is 1210 g/mol. The van der Waals surface area contributed by atoms with E-state index >= 15 is 0 Å². The van der Waals surface area contributed by atoms with Crippen molar-refractivity contribution in [1.29, 1.82) is 0 Å². The largest absolute Gasteiger partial charge is 0.497 e. The van der Waals surface area contributed by atoms with Gasteiger partial charge in [0.05, 0.1) is 29.2 Å². The molecule has 0 fully saturated rings. The molecule has 460 valence electrons. The van der Waals surface area contributed by atoms with Gasteiger partial charge in [0.15, 0.2) is 16.1 Å². The molecule has 2 heterocycles. The van der Waals surface area contributed by atoms with E-state index in [4.69, 9.17) is 4.74 Å². The molecule has 0 saturated heterocycles. The Balaban J connectivity index is 0.922. The van der Waals surface area contributed by atoms with Crippen LogP contribution >= 0.6 is 0 Å². The van der Waals surface area contributed by atoms with Gasteiger partial charge in [0, 0.05) is 50.0 Å². The van der Waals surface area contributed by atoms with Gasteiger partial charge in [-0.3, -0.25) is 0 Å². The van der Waals surface area contributed by atoms with Crippen molar-refractivity contribution in [2.45, 2.75) is 0 Å². The number of nitrogens with zero attached hydrogens (tertiary/aromatic N) is 3. The number of rotatable bonds is 16. The van der Waals surface area contributed by atoms with E-state index in [-0.39, 0.29) is 0 Å². The van der Waals surface area contributed by atoms with Gasteiger partial charge in [-0.25, -0.2) is 0 Å². The van der Waals surface area contributed by atoms with E-state index in [1.165, 1.54) is 74.5 Å². The van der Waals surface area contributed by atoms with Gasteiger partial charge in [-0.05, 0) is 161 Å². The highest BCUT2D eigenvalue weighted by molar-refractivity contribution is 7.20. The van der Waals surface area contributed by atoms with E-state index < -0.39 is 16.1 Å². The average molecular weight is 1270 g/mol. The molecule has 6 heteroatoms. The molecule has 0 atom stereocenters. The molecule has 0 radical (unpaired) electrons. The lowest BCUT2D eigenvalue weighted by atomic mass is 10.1. The molecule has 4 nitrogen and oxygen atoms in total. The second-order valence-corrected chi connectivity index (χ2v) is 32.7. The van der Waals surface area contributed by atoms with Gasteiger partial charge in [0.1, 0.15) is 5.75 Å². The molecule has 0 amide bonds. The maximum absolute atomic E-state index is 5.88. The number of benzene rings is 15. The highest BCUT2D eigenvalue weighted by Crippen LogP contribution is 2.43. The summed E-state index contributed by atoms with van der Waals surface area (Å²) in [4.78, 5) is 2.44. The van der Waals surface area contributed by atoms with Crippen LogP contribution in [-0.2, 0) is 0 Å². The Morgan fingerprint density at radius 3 is 0.784 bits per heavy atom. The fourth-order valence-electron chi connectivity index (χ4n) is 15.5. The van der Waals surface area contributed by atoms with Crippen molar-refractivity contribution in [1.82, 2.24) is 9.13 Å². The second-order valence-electron chi connectivity index (χ2n) is 25.1. The summed E-state index contributed by atoms with van der Waals surface area (Å²) < 4.78 is 10.8. The molecule has 0 N–H and O–H groups in total. The molecule has 17 aromatic rings. The summed E-state index contributed by atoms with van der Waals surface area (Å²) in [5.74, 6) is 0.795. The van der Waals surface area contributed by atoms with Crippen molar-refractivity contribution in [3.05, 3.63) is 388 Å². The van der Waals surface area contributed by atoms with Gasteiger partial charge in [-0.15, -0.1) is 0 Å². The number of aromatic nitrogens is 2. The van der Waals surface area contributed by atoms with E-state index in [0.717, 1.165) is 67.0 Å². The number of fused-ring (bicyclic) bond motifs is 6. The van der Waals surface area contributed by atoms with Crippen molar-refractivity contribution in [3.63, 3.8) is 0 Å². The van der Waals surface area contributed by atoms with Gasteiger partial charge in [0.2, 0.25) is 0 Å². The summed E-state index contributed by atoms with van der Waals surface area (Å²) in [5, 5.41) is 15.3. The predicted octanol–water partition coefficient (Wildman–Crippen LogP) is 17.4. The molecule has 15 aromatic carbocycles. The lowest BCUT2D eigenvalue weighted by Gasteiger charge is -2.34. The fraction of sp³-hybridized carbons (Fsp3) is 0.0110. The first kappa shape index (κ1) is 58.7. The Kier molecular flexibility index (Phi) is 15.1. The van der Waals surface area contributed by atoms with Crippen LogP contribution in [-0.4, -0.2) is 32.4 Å². The Morgan fingerprint density at radius 1 is 0.227 bits per heavy atom. The van der Waals surface area contributed by atoms with Crippen LogP contribution in [0.5, 0.6) is 5.75 Å². The van der Waals surface area contributed by atoms with Crippen LogP contribution in [0.15, 0.2) is 388 Å². The predicted molar refractivity (Wildman–Crippen MR) is 414 cm³/mol. The van der Waals surface area contributed by atoms with Crippen molar-refractivity contribution >= 4 is 118 Å². The van der Waals surface area contributed by atoms with Gasteiger partial charge in [-0.1, -0.05) is 291 Å². The van der Waals surface area contributed by atoms with Crippen molar-refractivity contribution < 1.29 is 4.74 Å². The highest BCUT2D eigenvalue weighted by Gasteiger charge is 2.43. The van der Waals surface area contributed by atoms with E-state index in [1.54, 1.807) is 7.11 Å². The zero-order valence-corrected chi connectivity index (χ0v) is 55.7. The first-order valence-electron chi connectivity index (χ1n) is 33.3. The third-order valence-electron chi connectivity index (χ3n) is 19.9. The zero-order chi connectivity index (χ0) is 64.7. The van der Waals surface area contributed by atoms with Crippen LogP contribution in [0.25, 0.3) is 77.2 Å². The molecule has 0 bridgehead atoms. The van der Waals surface area contributed by atoms with Gasteiger partial charge in [0.25, 0.3) is 0 Å². The minimum absolute atomic E-state index is 0.795. The van der Waals surface area contributed by atoms with Crippen LogP contribution in [0.1, 0.15) is 0 Å². The lowest BCUT2D eigenvalue weighted by Crippen LogP contribution is -2.74. The summed E-state index contributed by atoms with van der Waals surface area (Å²) in [7, 11) is -4.19. The molecule has 0 saturated carbocycles. The zero-order valence-electron chi connectivity index (χ0n) is 53.7. The summed E-state index contributed by atoms with van der Waals surface area (Å²) >= 11 is 0. The van der Waals surface area contributed by atoms with Crippen LogP contribution in [0, 0.1) is 0 Å². The molecule has 2 aromatic heterocycles. The van der Waals surface area contributed by atoms with Crippen LogP contribution < -0.4 is 51.1 Å². The maximum atomic E-state index is 5.88. The Hall–Kier alpha value is -12.1. The number of anilines is 3. The third-order valence-corrected chi connectivity index (χ3v) is 29.5. The van der Waals surface area contributed by atoms with Gasteiger partial charge in [-0.2, -0.15) is 0 Å². The minimum Gasteiger partial charge on any atom is -0.497 e. The summed E-state index contributed by atoms with van der Waals surface area (Å²) in [6.45, 7) is 0. The third kappa shape index (κ3) is 10.1. The molecule has 0 aliphatic heterocycles. The monoisotopic (exact) mass is 1270 g/mol. The Labute approximate surface area is 568 Å². The Morgan fingerprint density at radius 2 is 0.485 bits per heavy atom. The van der Waals surface area contributed by atoms with E-state index in [0.29, 0.717) is 0 Å². The lowest BCUT2D eigenvalue weighted by molar-refractivity contribution is 0.415. The van der Waals surface area contributed by atoms with Gasteiger partial charge >= 0.3 is 0 Å². The molecule has 0 spiro atoms. The second kappa shape index (κ2) is 25.0. The van der Waals surface area contributed by atoms with Crippen molar-refractivity contribution in [3.8, 4) is 39.4 Å². The normalized spacial score (nSPS) is 11.8. The van der Waals surface area contributed by atoms with Crippen molar-refractivity contribution in [2.75, 3.05) is 12.0 Å². The quantitative estimate of drug-likeness (QED) is 0.0711. The smallest absolute Gasteiger partial charge is 0.179 e. The van der Waals surface area contributed by atoms with Gasteiger partial charge < -0.3 is 18.8 Å². The molecule has 0 aliphatic carbocycles. The van der Waals surface area contributed by atoms with Crippen LogP contribution in [0.4, 0.5) is 17.1 Å². The van der Waals surface area contributed by atoms with E-state index in [1.807, 2.05) is 0 Å². The van der Waals surface area contributed by atoms with E-state index in [2.05, 4.69) is 402 Å². The molecule has 0 aliphatic rings. The van der Waals surface area contributed by atoms with Crippen LogP contribution in [0.2, 0.25) is 0 Å². The topological polar surface area (TPSA) is 22.3 Å². The SMILES string of the molecule is COc1ccc(N(c2ccc3c(c2)c2cc([Si](c4ccccc4)(c4ccccc4)c4ccccc4)ccc2n3-c2ccc(-c3ccccc3)cc2)c2ccc3c(c2)c2cc([Si](c4ccccc4)(c4ccccc4)c4ccccc4)ccc2n3-c2ccc(-c3ccccc3)cc2)cc1. The number of hydrogen-bond donors (Lipinski definition) is 0. The summed E-state index contributed by atoms with van der Waals surface area (Å²) in [5.41, 5.74) is 14.5. The standard InChI is InChI=1S/C91H67N3OSi2/c1-95-75-54-50-70(51-55-75)92(73-52-58-88-84(62-73)86-64-82(56-60-90(86)93(88)71-46-42-68(43-47-71)66-26-10-2-11-27-66)96(76-30-14-4-15-31-76,77-32-16-5-17-33-77)78-34-18-6-19-35-78)74-53-59-89-85(63-74)87-65-83(57-61-91(87)94(89)72-48-44-69(45-49-72)67-28-12-3-13-29-67)97(79-36-20-7-21-37-79,80-38-22-8-23-39-80)81-40-24-9-25-41-81/h2-65H,1H3. The number of methoxy groups -OCH3 is 1. The summed E-state index contributed by atoms with van der Waals surface area (Å²) in [6, 6.07) is 145. The molecule has 97 heavy (non-hydrogen) atoms. The highest BCUT2D eigenvalue weighted by atomic mass is 28.3. The Bertz CT molecular complexity index is 5090. The first-order chi connectivity index (χ1) is 48.1. The summed E-state index contributed by atoms with van der Waals surface area (Å²) in [6.07, 6.45) is 0.